The molecule has 0 amide bonds. The van der Waals surface area contributed by atoms with Crippen LogP contribution in [-0.4, -0.2) is 38.7 Å². The molecule has 4 atom stereocenters. The highest BCUT2D eigenvalue weighted by Gasteiger charge is 2.52. The number of cyclic esters (lactones) is 1. The van der Waals surface area contributed by atoms with Gasteiger partial charge in [0.2, 0.25) is 12.5 Å². The van der Waals surface area contributed by atoms with E-state index in [9.17, 15) is 9.90 Å². The zero-order valence-corrected chi connectivity index (χ0v) is 20.0. The summed E-state index contributed by atoms with van der Waals surface area (Å²) in [6, 6.07) is 17.5. The molecule has 4 unspecified atom stereocenters. The number of methoxy groups -OCH3 is 2. The summed E-state index contributed by atoms with van der Waals surface area (Å²) in [4.78, 5) is 13.2. The fourth-order valence-electron chi connectivity index (χ4n) is 5.74. The highest BCUT2D eigenvalue weighted by Crippen LogP contribution is 2.55. The van der Waals surface area contributed by atoms with Gasteiger partial charge >= 0.3 is 5.97 Å². The van der Waals surface area contributed by atoms with Gasteiger partial charge in [0.15, 0.2) is 23.0 Å². The third-order valence-corrected chi connectivity index (χ3v) is 7.42. The Balaban J connectivity index is 1.50. The van der Waals surface area contributed by atoms with E-state index < -0.39 is 5.92 Å². The topological polar surface area (TPSA) is 95.5 Å². The normalized spacial score (nSPS) is 23.6. The number of nitrogens with one attached hydrogen (secondary N) is 1. The number of carbonyl (C=O) groups excluding carboxylic acids is 1. The maximum absolute atomic E-state index is 13.2. The lowest BCUT2D eigenvalue weighted by Gasteiger charge is -2.39. The highest BCUT2D eigenvalue weighted by atomic mass is 16.7. The Morgan fingerprint density at radius 1 is 0.944 bits per heavy atom. The number of benzene rings is 3. The first-order valence-corrected chi connectivity index (χ1v) is 11.9. The number of rotatable bonds is 6. The first kappa shape index (κ1) is 22.5. The first-order chi connectivity index (χ1) is 17.6. The Morgan fingerprint density at radius 3 is 2.28 bits per heavy atom. The molecule has 8 heteroatoms. The molecule has 0 spiro atoms. The lowest BCUT2D eigenvalue weighted by atomic mass is 9.65. The van der Waals surface area contributed by atoms with Crippen LogP contribution in [0, 0.1) is 11.8 Å². The molecule has 3 aromatic rings. The van der Waals surface area contributed by atoms with Crippen molar-refractivity contribution in [1.29, 1.82) is 0 Å². The van der Waals surface area contributed by atoms with Crippen molar-refractivity contribution in [1.82, 2.24) is 5.32 Å². The first-order valence-electron chi connectivity index (χ1n) is 11.9. The average molecular weight is 490 g/mol. The van der Waals surface area contributed by atoms with Gasteiger partial charge in [-0.15, -0.1) is 0 Å². The maximum atomic E-state index is 13.2. The van der Waals surface area contributed by atoms with E-state index in [0.29, 0.717) is 24.7 Å². The molecule has 0 aromatic heterocycles. The van der Waals surface area contributed by atoms with Gasteiger partial charge in [-0.1, -0.05) is 30.3 Å². The minimum absolute atomic E-state index is 0.0848. The minimum atomic E-state index is -0.440. The van der Waals surface area contributed by atoms with E-state index in [1.54, 1.807) is 12.1 Å². The summed E-state index contributed by atoms with van der Waals surface area (Å²) in [6.45, 7) is 1.11. The molecule has 1 aliphatic carbocycles. The van der Waals surface area contributed by atoms with E-state index >= 15 is 0 Å². The molecule has 8 nitrogen and oxygen atoms in total. The third kappa shape index (κ3) is 3.60. The van der Waals surface area contributed by atoms with Gasteiger partial charge in [0.1, 0.15) is 0 Å². The van der Waals surface area contributed by atoms with E-state index in [2.05, 4.69) is 17.4 Å². The molecular weight excluding hydrogens is 462 g/mol. The van der Waals surface area contributed by atoms with Gasteiger partial charge in [-0.3, -0.25) is 4.79 Å². The summed E-state index contributed by atoms with van der Waals surface area (Å²) in [6.07, 6.45) is 0. The van der Waals surface area contributed by atoms with Crippen molar-refractivity contribution in [3.63, 3.8) is 0 Å². The van der Waals surface area contributed by atoms with Gasteiger partial charge in [0.25, 0.3) is 0 Å². The Kier molecular flexibility index (Phi) is 5.60. The van der Waals surface area contributed by atoms with Gasteiger partial charge in [-0.2, -0.15) is 0 Å². The van der Waals surface area contributed by atoms with Crippen molar-refractivity contribution in [2.24, 2.45) is 11.8 Å². The number of ether oxygens (including phenoxy) is 5. The minimum Gasteiger partial charge on any atom is -0.502 e. The van der Waals surface area contributed by atoms with Crippen molar-refractivity contribution < 1.29 is 33.6 Å². The number of carbonyl (C=O) groups is 1. The van der Waals surface area contributed by atoms with Crippen molar-refractivity contribution >= 4 is 5.97 Å². The number of hydrogen-bond donors (Lipinski definition) is 2. The predicted molar refractivity (Wildman–Crippen MR) is 130 cm³/mol. The zero-order valence-electron chi connectivity index (χ0n) is 20.0. The summed E-state index contributed by atoms with van der Waals surface area (Å²) in [7, 11) is 2.97. The molecule has 36 heavy (non-hydrogen) atoms. The van der Waals surface area contributed by atoms with Crippen LogP contribution < -0.4 is 24.3 Å². The molecule has 1 saturated heterocycles. The smallest absolute Gasteiger partial charge is 0.310 e. The van der Waals surface area contributed by atoms with Crippen molar-refractivity contribution in [3.05, 3.63) is 76.9 Å². The Labute approximate surface area is 208 Å². The number of esters is 1. The van der Waals surface area contributed by atoms with Crippen LogP contribution in [0.1, 0.15) is 34.2 Å². The molecule has 6 rings (SSSR count). The molecule has 186 valence electrons. The summed E-state index contributed by atoms with van der Waals surface area (Å²) in [5, 5.41) is 14.2. The van der Waals surface area contributed by atoms with Gasteiger partial charge in [-0.05, 0) is 46.5 Å². The SMILES string of the molecule is COc1cc(C2c3cc4c(cc3C(NCc3ccccc3)C3COC(=O)C23)OCO4)cc(OC)c1O. The fraction of sp³-hybridized carbons (Fsp3) is 0.321. The molecule has 3 aliphatic rings. The van der Waals surface area contributed by atoms with E-state index in [-0.39, 0.29) is 47.9 Å². The molecular formula is C28H27NO7. The van der Waals surface area contributed by atoms with E-state index in [4.69, 9.17) is 23.7 Å². The molecule has 0 radical (unpaired) electrons. The maximum Gasteiger partial charge on any atom is 0.310 e. The molecule has 2 N–H and O–H groups in total. The second kappa shape index (κ2) is 8.95. The second-order valence-electron chi connectivity index (χ2n) is 9.25. The van der Waals surface area contributed by atoms with Crippen LogP contribution in [-0.2, 0) is 16.1 Å². The quantitative estimate of drug-likeness (QED) is 0.504. The molecule has 0 saturated carbocycles. The Hall–Kier alpha value is -3.91. The van der Waals surface area contributed by atoms with Gasteiger partial charge in [0, 0.05) is 24.4 Å². The second-order valence-corrected chi connectivity index (χ2v) is 9.25. The van der Waals surface area contributed by atoms with Crippen LogP contribution in [0.25, 0.3) is 0 Å². The van der Waals surface area contributed by atoms with Gasteiger partial charge in [-0.25, -0.2) is 0 Å². The van der Waals surface area contributed by atoms with Crippen LogP contribution in [0.15, 0.2) is 54.6 Å². The number of phenols is 1. The largest absolute Gasteiger partial charge is 0.502 e. The molecule has 0 bridgehead atoms. The summed E-state index contributed by atoms with van der Waals surface area (Å²) in [5.74, 6) is 0.649. The highest BCUT2D eigenvalue weighted by molar-refractivity contribution is 5.79. The number of fused-ring (bicyclic) bond motifs is 3. The Bertz CT molecular complexity index is 1280. The van der Waals surface area contributed by atoms with E-state index in [1.165, 1.54) is 14.2 Å². The van der Waals surface area contributed by atoms with Crippen LogP contribution in [0.3, 0.4) is 0 Å². The third-order valence-electron chi connectivity index (χ3n) is 7.42. The van der Waals surface area contributed by atoms with Crippen molar-refractivity contribution in [3.8, 4) is 28.7 Å². The standard InChI is InChI=1S/C28H27NO7/c1-32-22-8-16(9-23(33-2)27(22)30)24-17-10-20-21(36-14-35-20)11-18(17)26(19-13-34-28(31)25(19)24)29-12-15-6-4-3-5-7-15/h3-11,19,24-26,29-30H,12-14H2,1-2H3. The van der Waals surface area contributed by atoms with Crippen LogP contribution in [0.2, 0.25) is 0 Å². The lowest BCUT2D eigenvalue weighted by Crippen LogP contribution is -2.40. The summed E-state index contributed by atoms with van der Waals surface area (Å²) < 4.78 is 27.9. The van der Waals surface area contributed by atoms with Crippen molar-refractivity contribution in [2.45, 2.75) is 18.5 Å². The van der Waals surface area contributed by atoms with Crippen LogP contribution >= 0.6 is 0 Å². The van der Waals surface area contributed by atoms with Crippen molar-refractivity contribution in [2.75, 3.05) is 27.6 Å². The van der Waals surface area contributed by atoms with Crippen LogP contribution in [0.4, 0.5) is 0 Å². The number of aromatic hydroxyl groups is 1. The monoisotopic (exact) mass is 489 g/mol. The molecule has 2 aliphatic heterocycles. The van der Waals surface area contributed by atoms with E-state index in [1.807, 2.05) is 30.3 Å². The average Bonchev–Trinajstić information content (AvgIpc) is 3.52. The Morgan fingerprint density at radius 2 is 1.61 bits per heavy atom. The van der Waals surface area contributed by atoms with Gasteiger partial charge in [0.05, 0.1) is 26.7 Å². The summed E-state index contributed by atoms with van der Waals surface area (Å²) in [5.41, 5.74) is 3.92. The molecule has 1 fully saturated rings. The summed E-state index contributed by atoms with van der Waals surface area (Å²) >= 11 is 0. The van der Waals surface area contributed by atoms with Crippen LogP contribution in [0.5, 0.6) is 28.7 Å². The zero-order chi connectivity index (χ0) is 24.8. The predicted octanol–water partition coefficient (Wildman–Crippen LogP) is 3.90. The number of hydrogen-bond acceptors (Lipinski definition) is 8. The van der Waals surface area contributed by atoms with Gasteiger partial charge < -0.3 is 34.1 Å². The van der Waals surface area contributed by atoms with E-state index in [0.717, 1.165) is 22.3 Å². The lowest BCUT2D eigenvalue weighted by molar-refractivity contribution is -0.141. The molecule has 2 heterocycles. The molecule has 3 aromatic carbocycles. The number of phenolic OH excluding ortho intramolecular Hbond substituents is 1. The fourth-order valence-corrected chi connectivity index (χ4v) is 5.74.